The highest BCUT2D eigenvalue weighted by Gasteiger charge is 2.20. The number of carbonyl (C=O) groups is 2. The maximum atomic E-state index is 12.4. The molecule has 1 N–H and O–H groups in total. The van der Waals surface area contributed by atoms with Gasteiger partial charge in [-0.25, -0.2) is 0 Å². The second-order valence-electron chi connectivity index (χ2n) is 5.24. The van der Waals surface area contributed by atoms with Crippen molar-refractivity contribution in [3.05, 3.63) is 22.7 Å². The molecule has 0 unspecified atom stereocenters. The molecule has 126 valence electrons. The number of nitrogens with one attached hydrogen (secondary N) is 1. The smallest absolute Gasteiger partial charge is 0.223 e. The van der Waals surface area contributed by atoms with Crippen LogP contribution in [-0.4, -0.2) is 57.0 Å². The molecule has 0 spiro atoms. The number of amides is 1. The molecule has 1 aliphatic heterocycles. The number of hydrogen-bond donors (Lipinski definition) is 1. The molecule has 0 atom stereocenters. The van der Waals surface area contributed by atoms with Crippen LogP contribution in [0.2, 0.25) is 5.02 Å². The van der Waals surface area contributed by atoms with E-state index in [0.29, 0.717) is 35.2 Å². The molecule has 23 heavy (non-hydrogen) atoms. The number of halogens is 1. The number of ketones is 1. The molecule has 0 bridgehead atoms. The van der Waals surface area contributed by atoms with Gasteiger partial charge in [-0.3, -0.25) is 9.59 Å². The summed E-state index contributed by atoms with van der Waals surface area (Å²) in [6.07, 6.45) is 0.313. The topological polar surface area (TPSA) is 67.9 Å². The predicted octanol–water partition coefficient (Wildman–Crippen LogP) is 1.75. The molecule has 1 aromatic carbocycles. The molecule has 6 nitrogen and oxygen atoms in total. The monoisotopic (exact) mass is 340 g/mol. The van der Waals surface area contributed by atoms with Crippen molar-refractivity contribution in [1.29, 1.82) is 0 Å². The third kappa shape index (κ3) is 4.36. The molecular weight excluding hydrogens is 320 g/mol. The van der Waals surface area contributed by atoms with Crippen LogP contribution < -0.4 is 14.8 Å². The van der Waals surface area contributed by atoms with E-state index in [9.17, 15) is 9.59 Å². The maximum absolute atomic E-state index is 12.4. The number of carbonyl (C=O) groups excluding carboxylic acids is 2. The average molecular weight is 341 g/mol. The van der Waals surface area contributed by atoms with Crippen LogP contribution >= 0.6 is 11.6 Å². The third-order valence-electron chi connectivity index (χ3n) is 3.81. The second-order valence-corrected chi connectivity index (χ2v) is 5.65. The summed E-state index contributed by atoms with van der Waals surface area (Å²) in [5, 5.41) is 3.53. The fourth-order valence-electron chi connectivity index (χ4n) is 2.51. The highest BCUT2D eigenvalue weighted by molar-refractivity contribution is 6.32. The van der Waals surface area contributed by atoms with Gasteiger partial charge in [0.05, 0.1) is 24.8 Å². The zero-order valence-corrected chi connectivity index (χ0v) is 14.1. The first-order chi connectivity index (χ1) is 11.1. The van der Waals surface area contributed by atoms with Crippen molar-refractivity contribution in [2.75, 3.05) is 40.4 Å². The van der Waals surface area contributed by atoms with Gasteiger partial charge in [-0.15, -0.1) is 0 Å². The van der Waals surface area contributed by atoms with E-state index in [0.717, 1.165) is 13.1 Å². The van der Waals surface area contributed by atoms with Crippen LogP contribution in [-0.2, 0) is 4.79 Å². The first kappa shape index (κ1) is 17.6. The Morgan fingerprint density at radius 2 is 1.78 bits per heavy atom. The van der Waals surface area contributed by atoms with E-state index in [4.69, 9.17) is 21.1 Å². The average Bonchev–Trinajstić information content (AvgIpc) is 2.59. The minimum atomic E-state index is -0.171. The van der Waals surface area contributed by atoms with Crippen molar-refractivity contribution >= 4 is 23.3 Å². The molecule has 1 heterocycles. The SMILES string of the molecule is COc1cc(OC)c(C(=O)CCC(=O)N2CCNCC2)cc1Cl. The molecule has 1 amide bonds. The fraction of sp³-hybridized carbons (Fsp3) is 0.500. The number of nitrogens with zero attached hydrogens (tertiary/aromatic N) is 1. The Kier molecular flexibility index (Phi) is 6.24. The molecule has 1 fully saturated rings. The second kappa shape index (κ2) is 8.17. The Morgan fingerprint density at radius 1 is 1.13 bits per heavy atom. The van der Waals surface area contributed by atoms with Crippen LogP contribution in [0.1, 0.15) is 23.2 Å². The quantitative estimate of drug-likeness (QED) is 0.799. The molecule has 0 aliphatic carbocycles. The van der Waals surface area contributed by atoms with Crippen molar-refractivity contribution < 1.29 is 19.1 Å². The van der Waals surface area contributed by atoms with Crippen LogP contribution in [0.5, 0.6) is 11.5 Å². The Bertz CT molecular complexity index is 586. The first-order valence-corrected chi connectivity index (χ1v) is 7.87. The van der Waals surface area contributed by atoms with Crippen molar-refractivity contribution in [3.8, 4) is 11.5 Å². The third-order valence-corrected chi connectivity index (χ3v) is 4.11. The van der Waals surface area contributed by atoms with Gasteiger partial charge in [-0.1, -0.05) is 11.6 Å². The van der Waals surface area contributed by atoms with E-state index in [1.165, 1.54) is 20.3 Å². The highest BCUT2D eigenvalue weighted by Crippen LogP contribution is 2.33. The number of piperazine rings is 1. The van der Waals surface area contributed by atoms with Crippen LogP contribution in [0.25, 0.3) is 0 Å². The fourth-order valence-corrected chi connectivity index (χ4v) is 2.75. The van der Waals surface area contributed by atoms with Gasteiger partial charge in [0.15, 0.2) is 5.78 Å². The lowest BCUT2D eigenvalue weighted by Crippen LogP contribution is -2.46. The number of benzene rings is 1. The number of Topliss-reactive ketones (excluding diaryl/α,β-unsaturated/α-hetero) is 1. The lowest BCUT2D eigenvalue weighted by Gasteiger charge is -2.27. The Morgan fingerprint density at radius 3 is 2.39 bits per heavy atom. The summed E-state index contributed by atoms with van der Waals surface area (Å²) in [4.78, 5) is 26.3. The summed E-state index contributed by atoms with van der Waals surface area (Å²) in [5.74, 6) is 0.663. The van der Waals surface area contributed by atoms with E-state index in [-0.39, 0.29) is 24.5 Å². The molecule has 0 aromatic heterocycles. The number of hydrogen-bond acceptors (Lipinski definition) is 5. The molecule has 0 saturated carbocycles. The summed E-state index contributed by atoms with van der Waals surface area (Å²) in [5.41, 5.74) is 0.367. The van der Waals surface area contributed by atoms with E-state index in [1.54, 1.807) is 11.0 Å². The minimum absolute atomic E-state index is 0.00146. The lowest BCUT2D eigenvalue weighted by molar-refractivity contribution is -0.131. The van der Waals surface area contributed by atoms with E-state index >= 15 is 0 Å². The van der Waals surface area contributed by atoms with Crippen molar-refractivity contribution in [3.63, 3.8) is 0 Å². The summed E-state index contributed by atoms with van der Waals surface area (Å²) < 4.78 is 10.3. The van der Waals surface area contributed by atoms with Crippen molar-refractivity contribution in [1.82, 2.24) is 10.2 Å². The van der Waals surface area contributed by atoms with Gasteiger partial charge in [-0.05, 0) is 6.07 Å². The summed E-state index contributed by atoms with van der Waals surface area (Å²) in [7, 11) is 2.97. The van der Waals surface area contributed by atoms with E-state index in [2.05, 4.69) is 5.32 Å². The van der Waals surface area contributed by atoms with Crippen molar-refractivity contribution in [2.24, 2.45) is 0 Å². The first-order valence-electron chi connectivity index (χ1n) is 7.50. The van der Waals surface area contributed by atoms with Crippen molar-refractivity contribution in [2.45, 2.75) is 12.8 Å². The van der Waals surface area contributed by atoms with E-state index in [1.807, 2.05) is 0 Å². The van der Waals surface area contributed by atoms with Gasteiger partial charge in [0.25, 0.3) is 0 Å². The lowest BCUT2D eigenvalue weighted by atomic mass is 10.0. The summed E-state index contributed by atoms with van der Waals surface area (Å²) >= 11 is 6.07. The van der Waals surface area contributed by atoms with Gasteiger partial charge in [-0.2, -0.15) is 0 Å². The van der Waals surface area contributed by atoms with Crippen LogP contribution in [0, 0.1) is 0 Å². The zero-order chi connectivity index (χ0) is 16.8. The molecule has 1 aromatic rings. The number of ether oxygens (including phenoxy) is 2. The van der Waals surface area contributed by atoms with Gasteiger partial charge in [0.2, 0.25) is 5.91 Å². The number of rotatable bonds is 6. The van der Waals surface area contributed by atoms with E-state index < -0.39 is 0 Å². The number of methoxy groups -OCH3 is 2. The minimum Gasteiger partial charge on any atom is -0.496 e. The maximum Gasteiger partial charge on any atom is 0.223 e. The molecule has 7 heteroatoms. The standard InChI is InChI=1S/C16H21ClN2O4/c1-22-14-10-15(23-2)12(17)9-11(14)13(20)3-4-16(21)19-7-5-18-6-8-19/h9-10,18H,3-8H2,1-2H3. The molecule has 1 saturated heterocycles. The van der Waals surface area contributed by atoms with Crippen LogP contribution in [0.3, 0.4) is 0 Å². The largest absolute Gasteiger partial charge is 0.496 e. The Balaban J connectivity index is 2.02. The summed E-state index contributed by atoms with van der Waals surface area (Å²) in [6.45, 7) is 2.96. The Labute approximate surface area is 140 Å². The van der Waals surface area contributed by atoms with Gasteiger partial charge in [0.1, 0.15) is 11.5 Å². The molecular formula is C16H21ClN2O4. The zero-order valence-electron chi connectivity index (χ0n) is 13.4. The van der Waals surface area contributed by atoms with Gasteiger partial charge in [0, 0.05) is 45.1 Å². The molecule has 2 rings (SSSR count). The van der Waals surface area contributed by atoms with Crippen LogP contribution in [0.15, 0.2) is 12.1 Å². The molecule has 1 aliphatic rings. The Hall–Kier alpha value is -1.79. The summed E-state index contributed by atoms with van der Waals surface area (Å²) in [6, 6.07) is 3.10. The normalized spacial score (nSPS) is 14.5. The molecule has 0 radical (unpaired) electrons. The predicted molar refractivity (Wildman–Crippen MR) is 87.6 cm³/mol. The van der Waals surface area contributed by atoms with Crippen LogP contribution in [0.4, 0.5) is 0 Å². The van der Waals surface area contributed by atoms with Gasteiger partial charge < -0.3 is 19.7 Å². The van der Waals surface area contributed by atoms with Gasteiger partial charge >= 0.3 is 0 Å². The highest BCUT2D eigenvalue weighted by atomic mass is 35.5.